The third-order valence-corrected chi connectivity index (χ3v) is 4.46. The van der Waals surface area contributed by atoms with Crippen molar-refractivity contribution in [3.8, 4) is 5.75 Å². The van der Waals surface area contributed by atoms with Crippen LogP contribution in [0.5, 0.6) is 5.75 Å². The number of rotatable bonds is 7. The van der Waals surface area contributed by atoms with E-state index in [0.29, 0.717) is 19.4 Å². The number of benzene rings is 1. The first-order chi connectivity index (χ1) is 11.8. The van der Waals surface area contributed by atoms with E-state index in [-0.39, 0.29) is 38.1 Å². The van der Waals surface area contributed by atoms with Gasteiger partial charge in [0.1, 0.15) is 5.75 Å². The molecule has 0 aliphatic heterocycles. The Bertz CT molecular complexity index is 550. The first-order valence-electron chi connectivity index (χ1n) is 8.52. The van der Waals surface area contributed by atoms with Crippen LogP contribution in [-0.2, 0) is 4.79 Å². The van der Waals surface area contributed by atoms with Crippen LogP contribution in [0.25, 0.3) is 0 Å². The molecule has 1 saturated carbocycles. The maximum atomic E-state index is 12.8. The molecule has 1 aromatic rings. The molecule has 25 heavy (non-hydrogen) atoms. The Kier molecular flexibility index (Phi) is 6.70. The predicted octanol–water partition coefficient (Wildman–Crippen LogP) is 3.45. The van der Waals surface area contributed by atoms with Crippen molar-refractivity contribution >= 4 is 5.91 Å². The van der Waals surface area contributed by atoms with Crippen molar-refractivity contribution in [3.05, 3.63) is 30.3 Å². The fraction of sp³-hybridized carbons (Fsp3) is 0.611. The lowest BCUT2D eigenvalue weighted by atomic mass is 9.77. The van der Waals surface area contributed by atoms with Crippen molar-refractivity contribution in [2.45, 2.75) is 50.3 Å². The number of carbonyl (C=O) groups excluding carboxylic acids is 1. The summed E-state index contributed by atoms with van der Waals surface area (Å²) in [5, 5.41) is 12.9. The van der Waals surface area contributed by atoms with Gasteiger partial charge in [0.05, 0.1) is 18.1 Å². The summed E-state index contributed by atoms with van der Waals surface area (Å²) in [5.74, 6) is -1.07. The van der Waals surface area contributed by atoms with E-state index in [1.54, 1.807) is 0 Å². The van der Waals surface area contributed by atoms with Gasteiger partial charge in [-0.15, -0.1) is 0 Å². The Balaban J connectivity index is 1.67. The van der Waals surface area contributed by atoms with Gasteiger partial charge >= 0.3 is 6.18 Å². The second-order valence-electron chi connectivity index (χ2n) is 6.60. The molecular weight excluding hydrogens is 335 g/mol. The van der Waals surface area contributed by atoms with Gasteiger partial charge in [0.2, 0.25) is 5.91 Å². The van der Waals surface area contributed by atoms with E-state index >= 15 is 0 Å². The standard InChI is InChI=1S/C18H24F3NO3/c19-18(20,21)14-6-4-10-17(24,12-14)13-22-16(23)9-5-11-25-15-7-2-1-3-8-15/h1-3,7-8,14,24H,4-6,9-13H2,(H,22,23)/t14-,17-/m0/s1. The number of hydrogen-bond acceptors (Lipinski definition) is 3. The van der Waals surface area contributed by atoms with Gasteiger partial charge in [-0.25, -0.2) is 0 Å². The van der Waals surface area contributed by atoms with E-state index in [9.17, 15) is 23.1 Å². The lowest BCUT2D eigenvalue weighted by molar-refractivity contribution is -0.199. The second kappa shape index (κ2) is 8.56. The number of para-hydroxylation sites is 1. The van der Waals surface area contributed by atoms with Crippen LogP contribution < -0.4 is 10.1 Å². The maximum Gasteiger partial charge on any atom is 0.391 e. The van der Waals surface area contributed by atoms with Crippen LogP contribution >= 0.6 is 0 Å². The Hall–Kier alpha value is -1.76. The first-order valence-corrected chi connectivity index (χ1v) is 8.52. The highest BCUT2D eigenvalue weighted by atomic mass is 19.4. The topological polar surface area (TPSA) is 58.6 Å². The summed E-state index contributed by atoms with van der Waals surface area (Å²) >= 11 is 0. The molecule has 7 heteroatoms. The Labute approximate surface area is 145 Å². The number of nitrogens with one attached hydrogen (secondary N) is 1. The summed E-state index contributed by atoms with van der Waals surface area (Å²) in [5.41, 5.74) is -1.48. The molecule has 140 valence electrons. The van der Waals surface area contributed by atoms with Gasteiger partial charge in [-0.3, -0.25) is 4.79 Å². The highest BCUT2D eigenvalue weighted by Gasteiger charge is 2.46. The van der Waals surface area contributed by atoms with Crippen LogP contribution in [-0.4, -0.2) is 35.9 Å². The Morgan fingerprint density at radius 2 is 2.04 bits per heavy atom. The van der Waals surface area contributed by atoms with Gasteiger partial charge in [-0.05, 0) is 44.2 Å². The zero-order valence-electron chi connectivity index (χ0n) is 14.0. The molecule has 2 atom stereocenters. The number of ether oxygens (including phenoxy) is 1. The van der Waals surface area contributed by atoms with Crippen molar-refractivity contribution in [2.75, 3.05) is 13.2 Å². The van der Waals surface area contributed by atoms with E-state index in [1.807, 2.05) is 30.3 Å². The van der Waals surface area contributed by atoms with Gasteiger partial charge in [0.15, 0.2) is 0 Å². The quantitative estimate of drug-likeness (QED) is 0.733. The molecule has 2 N–H and O–H groups in total. The molecule has 0 unspecified atom stereocenters. The Morgan fingerprint density at radius 3 is 2.72 bits per heavy atom. The van der Waals surface area contributed by atoms with Gasteiger partial charge in [-0.2, -0.15) is 13.2 Å². The monoisotopic (exact) mass is 359 g/mol. The second-order valence-corrected chi connectivity index (χ2v) is 6.60. The molecule has 1 aliphatic carbocycles. The molecule has 0 heterocycles. The van der Waals surface area contributed by atoms with E-state index < -0.39 is 17.7 Å². The van der Waals surface area contributed by atoms with Crippen LogP contribution in [0.15, 0.2) is 30.3 Å². The zero-order chi connectivity index (χ0) is 18.3. The molecule has 1 fully saturated rings. The van der Waals surface area contributed by atoms with E-state index in [2.05, 4.69) is 5.32 Å². The third kappa shape index (κ3) is 6.57. The van der Waals surface area contributed by atoms with E-state index in [0.717, 1.165) is 5.75 Å². The fourth-order valence-electron chi connectivity index (χ4n) is 3.07. The minimum Gasteiger partial charge on any atom is -0.494 e. The summed E-state index contributed by atoms with van der Waals surface area (Å²) in [7, 11) is 0. The third-order valence-electron chi connectivity index (χ3n) is 4.46. The smallest absolute Gasteiger partial charge is 0.391 e. The molecule has 0 radical (unpaired) electrons. The number of hydrogen-bond donors (Lipinski definition) is 2. The highest BCUT2D eigenvalue weighted by Crippen LogP contribution is 2.41. The summed E-state index contributed by atoms with van der Waals surface area (Å²) in [6.07, 6.45) is -3.34. The van der Waals surface area contributed by atoms with Gasteiger partial charge < -0.3 is 15.2 Å². The average Bonchev–Trinajstić information content (AvgIpc) is 2.57. The molecule has 0 spiro atoms. The molecule has 1 aromatic carbocycles. The largest absolute Gasteiger partial charge is 0.494 e. The molecule has 1 aliphatic rings. The number of halogens is 3. The highest BCUT2D eigenvalue weighted by molar-refractivity contribution is 5.75. The number of alkyl halides is 3. The summed E-state index contributed by atoms with van der Waals surface area (Å²) in [6, 6.07) is 9.20. The molecule has 4 nitrogen and oxygen atoms in total. The van der Waals surface area contributed by atoms with Crippen LogP contribution in [0.2, 0.25) is 0 Å². The predicted molar refractivity (Wildman–Crippen MR) is 87.1 cm³/mol. The zero-order valence-corrected chi connectivity index (χ0v) is 14.0. The van der Waals surface area contributed by atoms with Crippen molar-refractivity contribution in [3.63, 3.8) is 0 Å². The lowest BCUT2D eigenvalue weighted by Crippen LogP contribution is -2.48. The van der Waals surface area contributed by atoms with Crippen LogP contribution in [0.1, 0.15) is 38.5 Å². The number of carbonyl (C=O) groups is 1. The van der Waals surface area contributed by atoms with Crippen molar-refractivity contribution in [1.29, 1.82) is 0 Å². The normalized spacial score (nSPS) is 23.9. The minimum atomic E-state index is -4.30. The van der Waals surface area contributed by atoms with Crippen LogP contribution in [0.3, 0.4) is 0 Å². The molecular formula is C18H24F3NO3. The van der Waals surface area contributed by atoms with Crippen LogP contribution in [0, 0.1) is 5.92 Å². The van der Waals surface area contributed by atoms with Crippen molar-refractivity contribution in [2.24, 2.45) is 5.92 Å². The maximum absolute atomic E-state index is 12.8. The first kappa shape index (κ1) is 19.6. The molecule has 1 amide bonds. The van der Waals surface area contributed by atoms with E-state index in [4.69, 9.17) is 4.74 Å². The molecule has 0 saturated heterocycles. The minimum absolute atomic E-state index is 0.0383. The lowest BCUT2D eigenvalue weighted by Gasteiger charge is -2.37. The van der Waals surface area contributed by atoms with Gasteiger partial charge in [0, 0.05) is 13.0 Å². The van der Waals surface area contributed by atoms with Crippen molar-refractivity contribution < 1.29 is 27.8 Å². The number of aliphatic hydroxyl groups is 1. The molecule has 0 aromatic heterocycles. The van der Waals surface area contributed by atoms with Crippen LogP contribution in [0.4, 0.5) is 13.2 Å². The summed E-state index contributed by atoms with van der Waals surface area (Å²) in [6.45, 7) is 0.232. The summed E-state index contributed by atoms with van der Waals surface area (Å²) < 4.78 is 43.9. The van der Waals surface area contributed by atoms with Gasteiger partial charge in [-0.1, -0.05) is 18.2 Å². The fourth-order valence-corrected chi connectivity index (χ4v) is 3.07. The number of amides is 1. The van der Waals surface area contributed by atoms with E-state index in [1.165, 1.54) is 0 Å². The van der Waals surface area contributed by atoms with Gasteiger partial charge in [0.25, 0.3) is 0 Å². The molecule has 2 rings (SSSR count). The van der Waals surface area contributed by atoms with Crippen molar-refractivity contribution in [1.82, 2.24) is 5.32 Å². The average molecular weight is 359 g/mol. The molecule has 0 bridgehead atoms. The Morgan fingerprint density at radius 1 is 1.32 bits per heavy atom. The summed E-state index contributed by atoms with van der Waals surface area (Å²) in [4.78, 5) is 11.8. The SMILES string of the molecule is O=C(CCCOc1ccccc1)NC[C@]1(O)CCC[C@H](C(F)(F)F)C1.